The normalized spacial score (nSPS) is 10.1. The average molecular weight is 500 g/mol. The molecular formula is C16H22I2O2. The number of hydrogen-bond acceptors (Lipinski definition) is 2. The van der Waals surface area contributed by atoms with E-state index in [9.17, 15) is 4.79 Å². The highest BCUT2D eigenvalue weighted by Crippen LogP contribution is 2.20. The van der Waals surface area contributed by atoms with Crippen LogP contribution in [0.3, 0.4) is 0 Å². The van der Waals surface area contributed by atoms with Crippen molar-refractivity contribution in [2.24, 2.45) is 0 Å². The van der Waals surface area contributed by atoms with Crippen molar-refractivity contribution in [1.82, 2.24) is 0 Å². The second kappa shape index (κ2) is 12.6. The average Bonchev–Trinajstić information content (AvgIpc) is 2.44. The summed E-state index contributed by atoms with van der Waals surface area (Å²) in [5.41, 5.74) is 1.03. The molecule has 0 saturated carbocycles. The van der Waals surface area contributed by atoms with Gasteiger partial charge in [0.05, 0.1) is 7.11 Å². The molecule has 0 aliphatic rings. The van der Waals surface area contributed by atoms with Crippen molar-refractivity contribution >= 4 is 57.0 Å². The maximum atomic E-state index is 10.7. The standard InChI is InChI=1S/C11H11IO2.C5H11I/c1-8(13)3-4-9-5-6-10(14-2)7-11(9)12;1-2-3-4-5-6/h3-7H,1-2H3;2-5H2,1H3/b4-3+;. The van der Waals surface area contributed by atoms with Crippen LogP contribution in [0.4, 0.5) is 0 Å². The largest absolute Gasteiger partial charge is 0.497 e. The summed E-state index contributed by atoms with van der Waals surface area (Å²) < 4.78 is 7.47. The molecule has 0 unspecified atom stereocenters. The molecule has 1 rings (SSSR count). The number of halogens is 2. The Bertz CT molecular complexity index is 424. The molecule has 0 aliphatic carbocycles. The lowest BCUT2D eigenvalue weighted by atomic mass is 10.2. The predicted molar refractivity (Wildman–Crippen MR) is 104 cm³/mol. The van der Waals surface area contributed by atoms with Crippen LogP contribution in [0.25, 0.3) is 6.08 Å². The fraction of sp³-hybridized carbons (Fsp3) is 0.438. The minimum Gasteiger partial charge on any atom is -0.497 e. The van der Waals surface area contributed by atoms with E-state index in [1.807, 2.05) is 24.3 Å². The van der Waals surface area contributed by atoms with E-state index in [2.05, 4.69) is 52.1 Å². The molecule has 4 heteroatoms. The molecule has 0 spiro atoms. The zero-order valence-electron chi connectivity index (χ0n) is 12.3. The quantitative estimate of drug-likeness (QED) is 0.223. The molecule has 0 fully saturated rings. The molecule has 0 heterocycles. The van der Waals surface area contributed by atoms with Crippen molar-refractivity contribution in [2.45, 2.75) is 33.1 Å². The van der Waals surface area contributed by atoms with Crippen molar-refractivity contribution in [3.8, 4) is 5.75 Å². The Kier molecular flexibility index (Phi) is 12.5. The lowest BCUT2D eigenvalue weighted by molar-refractivity contribution is -0.112. The van der Waals surface area contributed by atoms with Gasteiger partial charge in [-0.15, -0.1) is 0 Å². The van der Waals surface area contributed by atoms with Crippen LogP contribution in [0.1, 0.15) is 38.7 Å². The van der Waals surface area contributed by atoms with Crippen molar-refractivity contribution in [3.05, 3.63) is 33.4 Å². The van der Waals surface area contributed by atoms with Crippen LogP contribution in [0.15, 0.2) is 24.3 Å². The number of benzene rings is 1. The van der Waals surface area contributed by atoms with E-state index in [0.717, 1.165) is 14.9 Å². The first-order valence-corrected chi connectivity index (χ1v) is 9.23. The fourth-order valence-electron chi connectivity index (χ4n) is 1.32. The molecule has 112 valence electrons. The van der Waals surface area contributed by atoms with Gasteiger partial charge in [-0.3, -0.25) is 4.79 Å². The number of ketones is 1. The number of allylic oxidation sites excluding steroid dienone is 1. The zero-order valence-corrected chi connectivity index (χ0v) is 16.6. The zero-order chi connectivity index (χ0) is 15.4. The van der Waals surface area contributed by atoms with Crippen molar-refractivity contribution in [1.29, 1.82) is 0 Å². The Morgan fingerprint density at radius 2 is 2.05 bits per heavy atom. The second-order valence-corrected chi connectivity index (χ2v) is 6.47. The number of methoxy groups -OCH3 is 1. The van der Waals surface area contributed by atoms with E-state index in [-0.39, 0.29) is 5.78 Å². The molecule has 1 aromatic rings. The molecule has 20 heavy (non-hydrogen) atoms. The predicted octanol–water partition coefficient (Wildman–Crippen LogP) is 5.51. The van der Waals surface area contributed by atoms with Crippen LogP contribution >= 0.6 is 45.2 Å². The summed E-state index contributed by atoms with van der Waals surface area (Å²) in [6.45, 7) is 3.76. The Labute approximate surface area is 149 Å². The number of ether oxygens (including phenoxy) is 1. The van der Waals surface area contributed by atoms with Gasteiger partial charge >= 0.3 is 0 Å². The van der Waals surface area contributed by atoms with E-state index in [1.165, 1.54) is 30.6 Å². The van der Waals surface area contributed by atoms with Gasteiger partial charge in [-0.2, -0.15) is 0 Å². The smallest absolute Gasteiger partial charge is 0.152 e. The first-order chi connectivity index (χ1) is 9.54. The van der Waals surface area contributed by atoms with Crippen LogP contribution < -0.4 is 4.74 Å². The fourth-order valence-corrected chi connectivity index (χ4v) is 2.53. The van der Waals surface area contributed by atoms with Gasteiger partial charge in [-0.1, -0.05) is 54.5 Å². The van der Waals surface area contributed by atoms with E-state index >= 15 is 0 Å². The van der Waals surface area contributed by atoms with E-state index < -0.39 is 0 Å². The van der Waals surface area contributed by atoms with Crippen LogP contribution in [0, 0.1) is 3.57 Å². The maximum Gasteiger partial charge on any atom is 0.152 e. The number of hydrogen-bond donors (Lipinski definition) is 0. The van der Waals surface area contributed by atoms with Crippen LogP contribution in [0.2, 0.25) is 0 Å². The maximum absolute atomic E-state index is 10.7. The highest BCUT2D eigenvalue weighted by Gasteiger charge is 1.98. The summed E-state index contributed by atoms with van der Waals surface area (Å²) in [7, 11) is 1.64. The third-order valence-electron chi connectivity index (χ3n) is 2.44. The lowest BCUT2D eigenvalue weighted by Gasteiger charge is -2.02. The highest BCUT2D eigenvalue weighted by molar-refractivity contribution is 14.1. The number of alkyl halides is 1. The number of rotatable bonds is 6. The topological polar surface area (TPSA) is 26.3 Å². The Hall–Kier alpha value is -0.110. The first kappa shape index (κ1) is 19.9. The molecule has 0 aromatic heterocycles. The summed E-state index contributed by atoms with van der Waals surface area (Å²) >= 11 is 4.62. The molecule has 0 amide bonds. The summed E-state index contributed by atoms with van der Waals surface area (Å²) in [5, 5.41) is 0. The Morgan fingerprint density at radius 3 is 2.45 bits per heavy atom. The summed E-state index contributed by atoms with van der Waals surface area (Å²) in [6.07, 6.45) is 7.52. The third kappa shape index (κ3) is 9.74. The number of carbonyl (C=O) groups is 1. The van der Waals surface area contributed by atoms with Gasteiger partial charge < -0.3 is 4.74 Å². The van der Waals surface area contributed by atoms with Gasteiger partial charge in [0.15, 0.2) is 5.78 Å². The number of unbranched alkanes of at least 4 members (excludes halogenated alkanes) is 2. The highest BCUT2D eigenvalue weighted by atomic mass is 127. The van der Waals surface area contributed by atoms with E-state index in [0.29, 0.717) is 0 Å². The molecule has 0 N–H and O–H groups in total. The van der Waals surface area contributed by atoms with Gasteiger partial charge in [0.1, 0.15) is 5.75 Å². The van der Waals surface area contributed by atoms with Gasteiger partial charge in [0.2, 0.25) is 0 Å². The van der Waals surface area contributed by atoms with Gasteiger partial charge in [-0.05, 0) is 64.1 Å². The monoisotopic (exact) mass is 500 g/mol. The van der Waals surface area contributed by atoms with Crippen LogP contribution in [0.5, 0.6) is 5.75 Å². The molecule has 0 radical (unpaired) electrons. The Balaban J connectivity index is 0.000000511. The van der Waals surface area contributed by atoms with E-state index in [1.54, 1.807) is 13.2 Å². The van der Waals surface area contributed by atoms with Gasteiger partial charge in [0.25, 0.3) is 0 Å². The van der Waals surface area contributed by atoms with Gasteiger partial charge in [0, 0.05) is 3.57 Å². The summed E-state index contributed by atoms with van der Waals surface area (Å²) in [4.78, 5) is 10.7. The minimum absolute atomic E-state index is 0.0524. The summed E-state index contributed by atoms with van der Waals surface area (Å²) in [6, 6.07) is 5.74. The van der Waals surface area contributed by atoms with Crippen molar-refractivity contribution in [2.75, 3.05) is 11.5 Å². The SMILES string of the molecule is CCCCCI.COc1ccc(/C=C/C(C)=O)c(I)c1. The molecule has 0 aliphatic heterocycles. The molecule has 0 saturated heterocycles. The molecule has 0 bridgehead atoms. The third-order valence-corrected chi connectivity index (χ3v) is 4.14. The molecule has 0 atom stereocenters. The molecule has 2 nitrogen and oxygen atoms in total. The van der Waals surface area contributed by atoms with Gasteiger partial charge in [-0.25, -0.2) is 0 Å². The molecular weight excluding hydrogens is 478 g/mol. The first-order valence-electron chi connectivity index (χ1n) is 6.63. The molecule has 1 aromatic carbocycles. The lowest BCUT2D eigenvalue weighted by Crippen LogP contribution is -1.87. The van der Waals surface area contributed by atoms with Crippen LogP contribution in [-0.2, 0) is 4.79 Å². The van der Waals surface area contributed by atoms with Crippen LogP contribution in [-0.4, -0.2) is 17.3 Å². The van der Waals surface area contributed by atoms with E-state index in [4.69, 9.17) is 4.74 Å². The summed E-state index contributed by atoms with van der Waals surface area (Å²) in [5.74, 6) is 0.881. The van der Waals surface area contributed by atoms with Crippen molar-refractivity contribution < 1.29 is 9.53 Å². The Morgan fingerprint density at radius 1 is 1.35 bits per heavy atom. The van der Waals surface area contributed by atoms with Crippen molar-refractivity contribution in [3.63, 3.8) is 0 Å². The number of carbonyl (C=O) groups excluding carboxylic acids is 1. The second-order valence-electron chi connectivity index (χ2n) is 4.23. The minimum atomic E-state index is 0.0524.